The molecule has 1 amide bonds. The van der Waals surface area contributed by atoms with Crippen molar-refractivity contribution in [3.05, 3.63) is 34.1 Å². The second-order valence-electron chi connectivity index (χ2n) is 8.23. The van der Waals surface area contributed by atoms with Crippen molar-refractivity contribution in [2.45, 2.75) is 65.1 Å². The zero-order chi connectivity index (χ0) is 19.5. The van der Waals surface area contributed by atoms with Crippen molar-refractivity contribution >= 4 is 22.0 Å². The van der Waals surface area contributed by atoms with Gasteiger partial charge in [0.2, 0.25) is 0 Å². The van der Waals surface area contributed by atoms with Crippen molar-refractivity contribution in [1.29, 1.82) is 0 Å². The number of nitrogens with zero attached hydrogens (tertiary/aromatic N) is 1. The van der Waals surface area contributed by atoms with Crippen LogP contribution in [0.15, 0.2) is 22.7 Å². The molecule has 0 heterocycles. The molecule has 4 nitrogen and oxygen atoms in total. The topological polar surface area (TPSA) is 41.6 Å². The van der Waals surface area contributed by atoms with Crippen LogP contribution >= 0.6 is 15.9 Å². The maximum Gasteiger partial charge on any atom is 0.407 e. The van der Waals surface area contributed by atoms with Gasteiger partial charge in [0.05, 0.1) is 4.47 Å². The fourth-order valence-corrected chi connectivity index (χ4v) is 3.61. The fourth-order valence-electron chi connectivity index (χ4n) is 3.23. The molecule has 0 spiro atoms. The molecule has 1 aliphatic carbocycles. The third kappa shape index (κ3) is 5.95. The van der Waals surface area contributed by atoms with Gasteiger partial charge in [-0.3, -0.25) is 4.90 Å². The summed E-state index contributed by atoms with van der Waals surface area (Å²) in [5.41, 5.74) is 0.193. The van der Waals surface area contributed by atoms with E-state index < -0.39 is 11.7 Å². The zero-order valence-electron chi connectivity index (χ0n) is 16.3. The van der Waals surface area contributed by atoms with E-state index in [2.05, 4.69) is 40.0 Å². The molecule has 0 saturated heterocycles. The van der Waals surface area contributed by atoms with Crippen LogP contribution in [0.2, 0.25) is 0 Å². The van der Waals surface area contributed by atoms with Crippen LogP contribution in [0.3, 0.4) is 0 Å². The molecule has 1 unspecified atom stereocenters. The standard InChI is InChI=1S/C20H30BrFN2O2/c1-13(2)18(15-7-6-8-16(21)17(15)22)24(14-9-10-14)12-11-23-19(25)26-20(3,4)5/h6-8,13-14,18H,9-12H2,1-5H3,(H,23,25). The Hall–Kier alpha value is -1.14. The molecule has 6 heteroatoms. The van der Waals surface area contributed by atoms with Crippen LogP contribution in [0, 0.1) is 11.7 Å². The van der Waals surface area contributed by atoms with Gasteiger partial charge in [-0.1, -0.05) is 26.0 Å². The van der Waals surface area contributed by atoms with Crippen molar-refractivity contribution in [3.8, 4) is 0 Å². The van der Waals surface area contributed by atoms with Gasteiger partial charge < -0.3 is 10.1 Å². The third-order valence-corrected chi connectivity index (χ3v) is 4.96. The third-order valence-electron chi connectivity index (χ3n) is 4.34. The second-order valence-corrected chi connectivity index (χ2v) is 9.08. The van der Waals surface area contributed by atoms with Crippen LogP contribution in [-0.2, 0) is 4.74 Å². The number of carbonyl (C=O) groups is 1. The smallest absolute Gasteiger partial charge is 0.407 e. The molecule has 26 heavy (non-hydrogen) atoms. The lowest BCUT2D eigenvalue weighted by Crippen LogP contribution is -2.41. The first-order valence-corrected chi connectivity index (χ1v) is 10.1. The van der Waals surface area contributed by atoms with E-state index in [1.165, 1.54) is 0 Å². The Morgan fingerprint density at radius 2 is 2.04 bits per heavy atom. The van der Waals surface area contributed by atoms with E-state index in [4.69, 9.17) is 4.74 Å². The van der Waals surface area contributed by atoms with Crippen LogP contribution < -0.4 is 5.32 Å². The monoisotopic (exact) mass is 428 g/mol. The molecule has 0 aliphatic heterocycles. The molecule has 0 bridgehead atoms. The molecule has 1 aliphatic rings. The normalized spacial score (nSPS) is 16.0. The lowest BCUT2D eigenvalue weighted by atomic mass is 9.93. The van der Waals surface area contributed by atoms with E-state index in [1.807, 2.05) is 32.9 Å². The first-order chi connectivity index (χ1) is 12.1. The van der Waals surface area contributed by atoms with E-state index >= 15 is 0 Å². The Kier molecular flexibility index (Phi) is 7.08. The highest BCUT2D eigenvalue weighted by atomic mass is 79.9. The van der Waals surface area contributed by atoms with Crippen molar-refractivity contribution < 1.29 is 13.9 Å². The molecule has 1 N–H and O–H groups in total. The molecule has 1 aromatic rings. The highest BCUT2D eigenvalue weighted by Crippen LogP contribution is 2.39. The van der Waals surface area contributed by atoms with Gasteiger partial charge in [0.25, 0.3) is 0 Å². The summed E-state index contributed by atoms with van der Waals surface area (Å²) in [6, 6.07) is 5.88. The second kappa shape index (κ2) is 8.70. The number of hydrogen-bond donors (Lipinski definition) is 1. The Labute approximate surface area is 164 Å². The van der Waals surface area contributed by atoms with E-state index in [1.54, 1.807) is 6.07 Å². The van der Waals surface area contributed by atoms with Gasteiger partial charge in [-0.05, 0) is 61.5 Å². The first kappa shape index (κ1) is 21.2. The summed E-state index contributed by atoms with van der Waals surface area (Å²) >= 11 is 3.30. The number of benzene rings is 1. The highest BCUT2D eigenvalue weighted by molar-refractivity contribution is 9.10. The van der Waals surface area contributed by atoms with Gasteiger partial charge in [0.15, 0.2) is 0 Å². The largest absolute Gasteiger partial charge is 0.444 e. The summed E-state index contributed by atoms with van der Waals surface area (Å²) in [6.45, 7) is 10.9. The SMILES string of the molecule is CC(C)C(c1cccc(Br)c1F)N(CCNC(=O)OC(C)(C)C)C1CC1. The average molecular weight is 429 g/mol. The minimum Gasteiger partial charge on any atom is -0.444 e. The number of alkyl carbamates (subject to hydrolysis) is 1. The van der Waals surface area contributed by atoms with Crippen molar-refractivity contribution in [2.75, 3.05) is 13.1 Å². The van der Waals surface area contributed by atoms with Gasteiger partial charge >= 0.3 is 6.09 Å². The molecule has 1 fully saturated rings. The molecule has 1 saturated carbocycles. The van der Waals surface area contributed by atoms with Crippen LogP contribution in [0.4, 0.5) is 9.18 Å². The number of nitrogens with one attached hydrogen (secondary N) is 1. The van der Waals surface area contributed by atoms with E-state index in [9.17, 15) is 9.18 Å². The predicted octanol–water partition coefficient (Wildman–Crippen LogP) is 5.27. The summed E-state index contributed by atoms with van der Waals surface area (Å²) in [5.74, 6) is 0.0536. The zero-order valence-corrected chi connectivity index (χ0v) is 17.9. The van der Waals surface area contributed by atoms with Gasteiger partial charge in [0.1, 0.15) is 11.4 Å². The molecule has 0 radical (unpaired) electrons. The lowest BCUT2D eigenvalue weighted by molar-refractivity contribution is 0.0512. The molecule has 1 aromatic carbocycles. The highest BCUT2D eigenvalue weighted by Gasteiger charge is 2.37. The number of ether oxygens (including phenoxy) is 1. The molecule has 146 valence electrons. The summed E-state index contributed by atoms with van der Waals surface area (Å²) in [6.07, 6.45) is 1.82. The minimum atomic E-state index is -0.514. The van der Waals surface area contributed by atoms with Crippen LogP contribution in [0.1, 0.15) is 59.1 Å². The Balaban J connectivity index is 2.09. The number of amides is 1. The Bertz CT molecular complexity index is 627. The molecule has 1 atom stereocenters. The summed E-state index contributed by atoms with van der Waals surface area (Å²) in [7, 11) is 0. The van der Waals surface area contributed by atoms with Crippen LogP contribution in [0.25, 0.3) is 0 Å². The van der Waals surface area contributed by atoms with Crippen molar-refractivity contribution in [3.63, 3.8) is 0 Å². The summed E-state index contributed by atoms with van der Waals surface area (Å²) in [4.78, 5) is 14.2. The maximum absolute atomic E-state index is 14.7. The summed E-state index contributed by atoms with van der Waals surface area (Å²) in [5, 5.41) is 2.82. The lowest BCUT2D eigenvalue weighted by Gasteiger charge is -2.35. The average Bonchev–Trinajstić information content (AvgIpc) is 3.32. The van der Waals surface area contributed by atoms with E-state index in [0.717, 1.165) is 12.8 Å². The van der Waals surface area contributed by atoms with Gasteiger partial charge in [0, 0.05) is 30.7 Å². The van der Waals surface area contributed by atoms with E-state index in [-0.39, 0.29) is 17.8 Å². The first-order valence-electron chi connectivity index (χ1n) is 9.26. The number of halogens is 2. The van der Waals surface area contributed by atoms with Crippen molar-refractivity contribution in [2.24, 2.45) is 5.92 Å². The number of carbonyl (C=O) groups excluding carboxylic acids is 1. The molecular weight excluding hydrogens is 399 g/mol. The molecule has 2 rings (SSSR count). The summed E-state index contributed by atoms with van der Waals surface area (Å²) < 4.78 is 20.5. The minimum absolute atomic E-state index is 0.0274. The van der Waals surface area contributed by atoms with Crippen LogP contribution in [-0.4, -0.2) is 35.7 Å². The van der Waals surface area contributed by atoms with Gasteiger partial charge in [-0.2, -0.15) is 0 Å². The van der Waals surface area contributed by atoms with Gasteiger partial charge in [-0.15, -0.1) is 0 Å². The quantitative estimate of drug-likeness (QED) is 0.642. The number of rotatable bonds is 7. The molecular formula is C20H30BrFN2O2. The Morgan fingerprint density at radius 3 is 2.58 bits per heavy atom. The molecule has 0 aromatic heterocycles. The van der Waals surface area contributed by atoms with Crippen LogP contribution in [0.5, 0.6) is 0 Å². The fraction of sp³-hybridized carbons (Fsp3) is 0.650. The number of hydrogen-bond acceptors (Lipinski definition) is 3. The Morgan fingerprint density at radius 1 is 1.38 bits per heavy atom. The van der Waals surface area contributed by atoms with E-state index in [0.29, 0.717) is 29.2 Å². The maximum atomic E-state index is 14.7. The van der Waals surface area contributed by atoms with Gasteiger partial charge in [-0.25, -0.2) is 9.18 Å². The van der Waals surface area contributed by atoms with Crippen molar-refractivity contribution in [1.82, 2.24) is 10.2 Å². The predicted molar refractivity (Wildman–Crippen MR) is 106 cm³/mol.